The van der Waals surface area contributed by atoms with Crippen LogP contribution in [0, 0.1) is 10.1 Å². The van der Waals surface area contributed by atoms with Crippen molar-refractivity contribution in [1.82, 2.24) is 0 Å². The van der Waals surface area contributed by atoms with Gasteiger partial charge in [0.2, 0.25) is 0 Å². The van der Waals surface area contributed by atoms with Crippen LogP contribution in [0.25, 0.3) is 0 Å². The third kappa shape index (κ3) is 4.64. The van der Waals surface area contributed by atoms with E-state index >= 15 is 0 Å². The molecule has 8 heteroatoms. The number of benzene rings is 2. The summed E-state index contributed by atoms with van der Waals surface area (Å²) in [5.74, 6) is 0.985. The number of halogens is 2. The van der Waals surface area contributed by atoms with Crippen LogP contribution in [0.3, 0.4) is 0 Å². The van der Waals surface area contributed by atoms with Gasteiger partial charge in [-0.2, -0.15) is 0 Å². The summed E-state index contributed by atoms with van der Waals surface area (Å²) in [5.41, 5.74) is -0.172. The lowest BCUT2D eigenvalue weighted by atomic mass is 10.3. The van der Waals surface area contributed by atoms with Gasteiger partial charge in [-0.15, -0.1) is 0 Å². The van der Waals surface area contributed by atoms with Gasteiger partial charge >= 0.3 is 5.69 Å². The van der Waals surface area contributed by atoms with Gasteiger partial charge in [0, 0.05) is 5.02 Å². The van der Waals surface area contributed by atoms with Gasteiger partial charge < -0.3 is 14.2 Å². The first-order chi connectivity index (χ1) is 11.0. The Hall–Kier alpha value is -2.18. The highest BCUT2D eigenvalue weighted by Gasteiger charge is 2.16. The lowest BCUT2D eigenvalue weighted by Crippen LogP contribution is -2.10. The minimum atomic E-state index is -0.533. The predicted molar refractivity (Wildman–Crippen MR) is 87.1 cm³/mol. The number of ether oxygens (including phenoxy) is 3. The molecule has 0 bridgehead atoms. The SMILES string of the molecule is COc1ccc(OCCOc2ccc(Cl)cc2Cl)c([N+](=O)[O-])c1. The Morgan fingerprint density at radius 2 is 1.70 bits per heavy atom. The topological polar surface area (TPSA) is 70.8 Å². The highest BCUT2D eigenvalue weighted by atomic mass is 35.5. The Balaban J connectivity index is 1.95. The first kappa shape index (κ1) is 17.2. The van der Waals surface area contributed by atoms with Gasteiger partial charge in [-0.1, -0.05) is 23.2 Å². The normalized spacial score (nSPS) is 10.2. The summed E-state index contributed by atoms with van der Waals surface area (Å²) in [6.45, 7) is 0.288. The van der Waals surface area contributed by atoms with Crippen molar-refractivity contribution in [3.8, 4) is 17.2 Å². The maximum absolute atomic E-state index is 11.0. The molecule has 0 fully saturated rings. The third-order valence-corrected chi connectivity index (χ3v) is 3.39. The molecule has 0 spiro atoms. The fourth-order valence-corrected chi connectivity index (χ4v) is 2.25. The lowest BCUT2D eigenvalue weighted by molar-refractivity contribution is -0.385. The Morgan fingerprint density at radius 1 is 1.04 bits per heavy atom. The van der Waals surface area contributed by atoms with Crippen molar-refractivity contribution >= 4 is 28.9 Å². The second kappa shape index (κ2) is 7.89. The zero-order valence-corrected chi connectivity index (χ0v) is 13.6. The summed E-state index contributed by atoms with van der Waals surface area (Å²) in [6.07, 6.45) is 0. The van der Waals surface area contributed by atoms with Crippen molar-refractivity contribution in [3.63, 3.8) is 0 Å². The molecule has 0 heterocycles. The minimum absolute atomic E-state index is 0.117. The van der Waals surface area contributed by atoms with Crippen LogP contribution in [0.4, 0.5) is 5.69 Å². The number of nitro benzene ring substituents is 1. The van der Waals surface area contributed by atoms with Gasteiger partial charge in [0.1, 0.15) is 24.7 Å². The zero-order chi connectivity index (χ0) is 16.8. The monoisotopic (exact) mass is 357 g/mol. The minimum Gasteiger partial charge on any atom is -0.496 e. The quantitative estimate of drug-likeness (QED) is 0.418. The number of nitro groups is 1. The average molecular weight is 358 g/mol. The van der Waals surface area contributed by atoms with E-state index < -0.39 is 4.92 Å². The van der Waals surface area contributed by atoms with Crippen molar-refractivity contribution in [1.29, 1.82) is 0 Å². The van der Waals surface area contributed by atoms with Crippen LogP contribution >= 0.6 is 23.2 Å². The van der Waals surface area contributed by atoms with Gasteiger partial charge in [-0.05, 0) is 30.3 Å². The van der Waals surface area contributed by atoms with Crippen LogP contribution < -0.4 is 14.2 Å². The molecule has 0 saturated carbocycles. The van der Waals surface area contributed by atoms with E-state index in [4.69, 9.17) is 37.4 Å². The molecule has 0 radical (unpaired) electrons. The number of nitrogens with zero attached hydrogens (tertiary/aromatic N) is 1. The molecule has 122 valence electrons. The van der Waals surface area contributed by atoms with E-state index in [1.54, 1.807) is 24.3 Å². The molecule has 2 aromatic rings. The molecular weight excluding hydrogens is 345 g/mol. The van der Waals surface area contributed by atoms with E-state index in [-0.39, 0.29) is 24.7 Å². The molecule has 0 aliphatic carbocycles. The van der Waals surface area contributed by atoms with Crippen molar-refractivity contribution in [3.05, 3.63) is 56.6 Å². The number of hydrogen-bond acceptors (Lipinski definition) is 5. The molecule has 0 N–H and O–H groups in total. The molecule has 6 nitrogen and oxygen atoms in total. The van der Waals surface area contributed by atoms with Gasteiger partial charge in [0.15, 0.2) is 5.75 Å². The van der Waals surface area contributed by atoms with Gasteiger partial charge in [0.05, 0.1) is 23.1 Å². The highest BCUT2D eigenvalue weighted by molar-refractivity contribution is 6.35. The molecule has 0 unspecified atom stereocenters. The summed E-state index contributed by atoms with van der Waals surface area (Å²) in [5, 5.41) is 11.9. The fourth-order valence-electron chi connectivity index (χ4n) is 1.78. The predicted octanol–water partition coefficient (Wildman–Crippen LogP) is 4.37. The Bertz CT molecular complexity index is 708. The summed E-state index contributed by atoms with van der Waals surface area (Å²) in [6, 6.07) is 9.21. The van der Waals surface area contributed by atoms with Gasteiger partial charge in [0.25, 0.3) is 0 Å². The molecule has 0 aliphatic rings. The fraction of sp³-hybridized carbons (Fsp3) is 0.200. The number of methoxy groups -OCH3 is 1. The maximum atomic E-state index is 11.0. The number of hydrogen-bond donors (Lipinski definition) is 0. The van der Waals surface area contributed by atoms with Gasteiger partial charge in [-0.3, -0.25) is 10.1 Å². The van der Waals surface area contributed by atoms with Crippen molar-refractivity contribution in [2.45, 2.75) is 0 Å². The molecule has 0 amide bonds. The highest BCUT2D eigenvalue weighted by Crippen LogP contribution is 2.31. The van der Waals surface area contributed by atoms with Gasteiger partial charge in [-0.25, -0.2) is 0 Å². The molecule has 0 atom stereocenters. The average Bonchev–Trinajstić information content (AvgIpc) is 2.53. The smallest absolute Gasteiger partial charge is 0.314 e. The first-order valence-corrected chi connectivity index (χ1v) is 7.30. The largest absolute Gasteiger partial charge is 0.496 e. The standard InChI is InChI=1S/C15H13Cl2NO5/c1-21-11-3-5-15(13(9-11)18(19)20)23-7-6-22-14-4-2-10(16)8-12(14)17/h2-5,8-9H,6-7H2,1H3. The summed E-state index contributed by atoms with van der Waals surface area (Å²) < 4.78 is 15.8. The molecule has 23 heavy (non-hydrogen) atoms. The molecule has 0 saturated heterocycles. The Labute approximate surface area is 142 Å². The first-order valence-electron chi connectivity index (χ1n) is 6.54. The van der Waals surface area contributed by atoms with E-state index in [0.717, 1.165) is 0 Å². The van der Waals surface area contributed by atoms with Crippen LogP contribution in [0.15, 0.2) is 36.4 Å². The van der Waals surface area contributed by atoms with Crippen molar-refractivity contribution < 1.29 is 19.1 Å². The van der Waals surface area contributed by atoms with E-state index in [1.807, 2.05) is 0 Å². The van der Waals surface area contributed by atoms with E-state index in [2.05, 4.69) is 0 Å². The second-order valence-electron chi connectivity index (χ2n) is 4.36. The summed E-state index contributed by atoms with van der Waals surface area (Å²) >= 11 is 11.8. The van der Waals surface area contributed by atoms with Crippen molar-refractivity contribution in [2.24, 2.45) is 0 Å². The van der Waals surface area contributed by atoms with Crippen molar-refractivity contribution in [2.75, 3.05) is 20.3 Å². The number of rotatable bonds is 7. The molecule has 0 aliphatic heterocycles. The summed E-state index contributed by atoms with van der Waals surface area (Å²) in [4.78, 5) is 10.5. The van der Waals surface area contributed by atoms with Crippen LogP contribution in [0.1, 0.15) is 0 Å². The van der Waals surface area contributed by atoms with Crippen LogP contribution in [-0.2, 0) is 0 Å². The maximum Gasteiger partial charge on any atom is 0.314 e. The van der Waals surface area contributed by atoms with E-state index in [0.29, 0.717) is 21.5 Å². The molecule has 0 aromatic heterocycles. The molecule has 2 rings (SSSR count). The molecule has 2 aromatic carbocycles. The molecular formula is C15H13Cl2NO5. The van der Waals surface area contributed by atoms with Crippen LogP contribution in [-0.4, -0.2) is 25.2 Å². The Morgan fingerprint density at radius 3 is 2.30 bits per heavy atom. The Kier molecular flexibility index (Phi) is 5.90. The second-order valence-corrected chi connectivity index (χ2v) is 5.21. The third-order valence-electron chi connectivity index (χ3n) is 2.86. The van der Waals surface area contributed by atoms with Crippen LogP contribution in [0.5, 0.6) is 17.2 Å². The van der Waals surface area contributed by atoms with E-state index in [9.17, 15) is 10.1 Å². The van der Waals surface area contributed by atoms with Crippen LogP contribution in [0.2, 0.25) is 10.0 Å². The zero-order valence-electron chi connectivity index (χ0n) is 12.1. The lowest BCUT2D eigenvalue weighted by Gasteiger charge is -2.10. The summed E-state index contributed by atoms with van der Waals surface area (Å²) in [7, 11) is 1.43. The van der Waals surface area contributed by atoms with E-state index in [1.165, 1.54) is 19.2 Å².